The predicted octanol–water partition coefficient (Wildman–Crippen LogP) is 2.38. The number of rotatable bonds is 4. The molecule has 2 rings (SSSR count). The highest BCUT2D eigenvalue weighted by Crippen LogP contribution is 2.16. The number of pyridine rings is 1. The van der Waals surface area contributed by atoms with Gasteiger partial charge in [-0.25, -0.2) is 0 Å². The lowest BCUT2D eigenvalue weighted by atomic mass is 10.1. The molecular formula is C12H12ClN3O. The molecule has 88 valence electrons. The van der Waals surface area contributed by atoms with E-state index in [0.29, 0.717) is 17.0 Å². The van der Waals surface area contributed by atoms with E-state index in [2.05, 4.69) is 10.1 Å². The minimum absolute atomic E-state index is 0.0203. The topological polar surface area (TPSA) is 47.8 Å². The predicted molar refractivity (Wildman–Crippen MR) is 65.2 cm³/mol. The Morgan fingerprint density at radius 1 is 1.47 bits per heavy atom. The van der Waals surface area contributed by atoms with E-state index in [-0.39, 0.29) is 5.78 Å². The highest BCUT2D eigenvalue weighted by Gasteiger charge is 2.11. The fourth-order valence-corrected chi connectivity index (χ4v) is 1.78. The van der Waals surface area contributed by atoms with Crippen LogP contribution in [0.25, 0.3) is 0 Å². The van der Waals surface area contributed by atoms with Crippen LogP contribution in [0, 0.1) is 0 Å². The largest absolute Gasteiger partial charge is 0.294 e. The Balaban J connectivity index is 2.14. The molecule has 0 unspecified atom stereocenters. The molecule has 17 heavy (non-hydrogen) atoms. The molecule has 0 saturated carbocycles. The third kappa shape index (κ3) is 2.71. The summed E-state index contributed by atoms with van der Waals surface area (Å²) < 4.78 is 1.79. The Kier molecular flexibility index (Phi) is 3.54. The minimum atomic E-state index is -0.0203. The van der Waals surface area contributed by atoms with E-state index in [4.69, 9.17) is 11.6 Å². The third-order valence-electron chi connectivity index (χ3n) is 2.45. The zero-order valence-corrected chi connectivity index (χ0v) is 10.2. The molecule has 0 aliphatic rings. The van der Waals surface area contributed by atoms with Gasteiger partial charge in [-0.15, -0.1) is 0 Å². The Morgan fingerprint density at radius 3 is 2.94 bits per heavy atom. The highest BCUT2D eigenvalue weighted by atomic mass is 35.5. The first-order valence-electron chi connectivity index (χ1n) is 5.34. The van der Waals surface area contributed by atoms with Crippen molar-refractivity contribution in [3.63, 3.8) is 0 Å². The molecule has 5 heteroatoms. The van der Waals surface area contributed by atoms with Gasteiger partial charge in [-0.2, -0.15) is 5.10 Å². The first-order chi connectivity index (χ1) is 8.20. The lowest BCUT2D eigenvalue weighted by molar-refractivity contribution is 0.0993. The molecule has 0 radical (unpaired) electrons. The van der Waals surface area contributed by atoms with Crippen molar-refractivity contribution in [1.82, 2.24) is 14.8 Å². The fourth-order valence-electron chi connectivity index (χ4n) is 1.55. The molecular weight excluding hydrogens is 238 g/mol. The van der Waals surface area contributed by atoms with E-state index in [1.54, 1.807) is 23.1 Å². The lowest BCUT2D eigenvalue weighted by Crippen LogP contribution is -2.04. The number of halogens is 1. The fraction of sp³-hybridized carbons (Fsp3) is 0.250. The van der Waals surface area contributed by atoms with Crippen molar-refractivity contribution in [2.24, 2.45) is 0 Å². The normalized spacial score (nSPS) is 10.5. The van der Waals surface area contributed by atoms with E-state index < -0.39 is 0 Å². The standard InChI is InChI=1S/C12H12ClN3O/c1-2-16-8-9(6-15-16)5-12(17)10-3-4-14-7-11(10)13/h3-4,6-8H,2,5H2,1H3. The van der Waals surface area contributed by atoms with Gasteiger partial charge in [-0.05, 0) is 18.6 Å². The second-order valence-electron chi connectivity index (χ2n) is 3.66. The summed E-state index contributed by atoms with van der Waals surface area (Å²) in [5, 5.41) is 4.51. The quantitative estimate of drug-likeness (QED) is 0.782. The van der Waals surface area contributed by atoms with Crippen LogP contribution in [0.3, 0.4) is 0 Å². The van der Waals surface area contributed by atoms with Crippen molar-refractivity contribution in [2.45, 2.75) is 19.9 Å². The van der Waals surface area contributed by atoms with Gasteiger partial charge in [0.1, 0.15) is 0 Å². The summed E-state index contributed by atoms with van der Waals surface area (Å²) in [4.78, 5) is 15.8. The van der Waals surface area contributed by atoms with E-state index >= 15 is 0 Å². The molecule has 0 aliphatic carbocycles. The van der Waals surface area contributed by atoms with Crippen LogP contribution < -0.4 is 0 Å². The van der Waals surface area contributed by atoms with Gasteiger partial charge in [-0.1, -0.05) is 11.6 Å². The number of hydrogen-bond acceptors (Lipinski definition) is 3. The number of aromatic nitrogens is 3. The molecule has 0 fully saturated rings. The molecule has 0 saturated heterocycles. The van der Waals surface area contributed by atoms with E-state index in [1.807, 2.05) is 13.1 Å². The highest BCUT2D eigenvalue weighted by molar-refractivity contribution is 6.33. The number of aryl methyl sites for hydroxylation is 1. The summed E-state index contributed by atoms with van der Waals surface area (Å²) in [6.45, 7) is 2.79. The molecule has 2 aromatic rings. The van der Waals surface area contributed by atoms with Gasteiger partial charge in [0.2, 0.25) is 0 Å². The van der Waals surface area contributed by atoms with E-state index in [9.17, 15) is 4.79 Å². The molecule has 0 aliphatic heterocycles. The van der Waals surface area contributed by atoms with Gasteiger partial charge in [0, 0.05) is 37.1 Å². The second kappa shape index (κ2) is 5.10. The van der Waals surface area contributed by atoms with Crippen LogP contribution in [0.5, 0.6) is 0 Å². The second-order valence-corrected chi connectivity index (χ2v) is 4.07. The van der Waals surface area contributed by atoms with Crippen LogP contribution in [-0.4, -0.2) is 20.5 Å². The van der Waals surface area contributed by atoms with Crippen LogP contribution in [0.2, 0.25) is 5.02 Å². The van der Waals surface area contributed by atoms with Gasteiger partial charge in [0.15, 0.2) is 5.78 Å². The monoisotopic (exact) mass is 249 g/mol. The van der Waals surface area contributed by atoms with Crippen LogP contribution in [-0.2, 0) is 13.0 Å². The number of carbonyl (C=O) groups is 1. The molecule has 2 heterocycles. The van der Waals surface area contributed by atoms with Gasteiger partial charge in [-0.3, -0.25) is 14.5 Å². The first-order valence-corrected chi connectivity index (χ1v) is 5.72. The van der Waals surface area contributed by atoms with E-state index in [0.717, 1.165) is 12.1 Å². The minimum Gasteiger partial charge on any atom is -0.294 e. The maximum atomic E-state index is 12.0. The van der Waals surface area contributed by atoms with Crippen LogP contribution >= 0.6 is 11.6 Å². The average molecular weight is 250 g/mol. The van der Waals surface area contributed by atoms with Crippen molar-refractivity contribution in [2.75, 3.05) is 0 Å². The SMILES string of the molecule is CCn1cc(CC(=O)c2ccncc2Cl)cn1. The molecule has 0 atom stereocenters. The Hall–Kier alpha value is -1.68. The molecule has 4 nitrogen and oxygen atoms in total. The lowest BCUT2D eigenvalue weighted by Gasteiger charge is -2.00. The number of Topliss-reactive ketones (excluding diaryl/α,β-unsaturated/α-hetero) is 1. The molecule has 0 bridgehead atoms. The summed E-state index contributed by atoms with van der Waals surface area (Å²) in [6, 6.07) is 1.63. The van der Waals surface area contributed by atoms with Crippen LogP contribution in [0.15, 0.2) is 30.9 Å². The van der Waals surface area contributed by atoms with Crippen molar-refractivity contribution < 1.29 is 4.79 Å². The van der Waals surface area contributed by atoms with Crippen LogP contribution in [0.1, 0.15) is 22.8 Å². The maximum Gasteiger partial charge on any atom is 0.168 e. The van der Waals surface area contributed by atoms with Crippen molar-refractivity contribution in [3.8, 4) is 0 Å². The van der Waals surface area contributed by atoms with Crippen molar-refractivity contribution in [3.05, 3.63) is 47.0 Å². The zero-order valence-electron chi connectivity index (χ0n) is 9.43. The zero-order chi connectivity index (χ0) is 12.3. The number of hydrogen-bond donors (Lipinski definition) is 0. The number of nitrogens with zero attached hydrogens (tertiary/aromatic N) is 3. The van der Waals surface area contributed by atoms with Crippen LogP contribution in [0.4, 0.5) is 0 Å². The summed E-state index contributed by atoms with van der Waals surface area (Å²) in [6.07, 6.45) is 6.92. The Bertz CT molecular complexity index is 536. The number of ketones is 1. The number of carbonyl (C=O) groups excluding carboxylic acids is 1. The van der Waals surface area contributed by atoms with Gasteiger partial charge >= 0.3 is 0 Å². The summed E-state index contributed by atoms with van der Waals surface area (Å²) >= 11 is 5.91. The summed E-state index contributed by atoms with van der Waals surface area (Å²) in [5.74, 6) is -0.0203. The Morgan fingerprint density at radius 2 is 2.29 bits per heavy atom. The van der Waals surface area contributed by atoms with Gasteiger partial charge in [0.05, 0.1) is 11.2 Å². The smallest absolute Gasteiger partial charge is 0.168 e. The summed E-state index contributed by atoms with van der Waals surface area (Å²) in [5.41, 5.74) is 1.40. The molecule has 0 spiro atoms. The summed E-state index contributed by atoms with van der Waals surface area (Å²) in [7, 11) is 0. The maximum absolute atomic E-state index is 12.0. The Labute approximate surface area is 104 Å². The average Bonchev–Trinajstić information content (AvgIpc) is 2.77. The first kappa shape index (κ1) is 11.8. The van der Waals surface area contributed by atoms with Crippen molar-refractivity contribution in [1.29, 1.82) is 0 Å². The molecule has 0 amide bonds. The third-order valence-corrected chi connectivity index (χ3v) is 2.75. The molecule has 0 aromatic carbocycles. The molecule has 2 aromatic heterocycles. The van der Waals surface area contributed by atoms with Crippen molar-refractivity contribution >= 4 is 17.4 Å². The van der Waals surface area contributed by atoms with E-state index in [1.165, 1.54) is 6.20 Å². The van der Waals surface area contributed by atoms with Gasteiger partial charge in [0.25, 0.3) is 0 Å². The van der Waals surface area contributed by atoms with Gasteiger partial charge < -0.3 is 0 Å². The molecule has 0 N–H and O–H groups in total.